The van der Waals surface area contributed by atoms with Crippen molar-refractivity contribution in [3.63, 3.8) is 0 Å². The molecule has 0 radical (unpaired) electrons. The Balaban J connectivity index is 1.49. The number of carbonyl (C=O) groups is 2. The van der Waals surface area contributed by atoms with Crippen molar-refractivity contribution < 1.29 is 14.0 Å². The number of piperidine rings is 1. The van der Waals surface area contributed by atoms with Gasteiger partial charge in [0.15, 0.2) is 0 Å². The molecule has 3 saturated heterocycles. The molecule has 6 heteroatoms. The van der Waals surface area contributed by atoms with Gasteiger partial charge in [-0.15, -0.1) is 0 Å². The highest BCUT2D eigenvalue weighted by Crippen LogP contribution is 2.29. The van der Waals surface area contributed by atoms with Crippen LogP contribution in [0, 0.1) is 18.7 Å². The minimum atomic E-state index is -0.321. The molecular weight excluding hydrogens is 357 g/mol. The Kier molecular flexibility index (Phi) is 5.11. The molecule has 5 nitrogen and oxygen atoms in total. The molecular formula is C22H24FN3O2. The minimum absolute atomic E-state index is 0.00720. The van der Waals surface area contributed by atoms with Crippen LogP contribution in [0.5, 0.6) is 0 Å². The molecule has 1 aromatic heterocycles. The van der Waals surface area contributed by atoms with Gasteiger partial charge in [-0.25, -0.2) is 4.39 Å². The molecule has 2 aromatic rings. The van der Waals surface area contributed by atoms with Crippen molar-refractivity contribution in [2.45, 2.75) is 32.2 Å². The molecule has 28 heavy (non-hydrogen) atoms. The molecule has 2 atom stereocenters. The molecule has 146 valence electrons. The standard InChI is InChI=1S/C22H24FN3O2/c1-15-5-7-18(23)10-17(15)11-21(27)26-13-16-6-8-19(26)14-25(12-16)22(28)20-4-2-3-9-24-20/h2-5,7,9-10,16,19H,6,8,11-14H2,1H3/t16-,19+/m1/s1. The van der Waals surface area contributed by atoms with Crippen LogP contribution in [0.25, 0.3) is 0 Å². The van der Waals surface area contributed by atoms with Crippen LogP contribution in [0.15, 0.2) is 42.6 Å². The third-order valence-electron chi connectivity index (χ3n) is 5.86. The summed E-state index contributed by atoms with van der Waals surface area (Å²) < 4.78 is 13.6. The van der Waals surface area contributed by atoms with Gasteiger partial charge in [0, 0.05) is 31.9 Å². The summed E-state index contributed by atoms with van der Waals surface area (Å²) in [6, 6.07) is 9.90. The van der Waals surface area contributed by atoms with E-state index in [9.17, 15) is 14.0 Å². The zero-order chi connectivity index (χ0) is 19.7. The molecule has 0 N–H and O–H groups in total. The number of pyridine rings is 1. The normalized spacial score (nSPS) is 21.5. The molecule has 0 unspecified atom stereocenters. The van der Waals surface area contributed by atoms with Gasteiger partial charge in [0.2, 0.25) is 5.91 Å². The first-order valence-corrected chi connectivity index (χ1v) is 9.76. The van der Waals surface area contributed by atoms with E-state index in [1.54, 1.807) is 24.4 Å². The summed E-state index contributed by atoms with van der Waals surface area (Å²) in [4.78, 5) is 33.8. The van der Waals surface area contributed by atoms with Crippen LogP contribution in [0.1, 0.15) is 34.5 Å². The van der Waals surface area contributed by atoms with Crippen molar-refractivity contribution in [2.24, 2.45) is 5.92 Å². The van der Waals surface area contributed by atoms with Gasteiger partial charge in [-0.1, -0.05) is 12.1 Å². The Morgan fingerprint density at radius 3 is 2.79 bits per heavy atom. The third kappa shape index (κ3) is 3.77. The quantitative estimate of drug-likeness (QED) is 0.822. The first-order chi connectivity index (χ1) is 13.5. The van der Waals surface area contributed by atoms with Crippen molar-refractivity contribution in [3.05, 3.63) is 65.2 Å². The number of benzene rings is 1. The van der Waals surface area contributed by atoms with E-state index in [2.05, 4.69) is 4.98 Å². The van der Waals surface area contributed by atoms with Crippen LogP contribution in [0.2, 0.25) is 0 Å². The smallest absolute Gasteiger partial charge is 0.272 e. The summed E-state index contributed by atoms with van der Waals surface area (Å²) in [5.74, 6) is -0.120. The molecule has 0 spiro atoms. The van der Waals surface area contributed by atoms with Gasteiger partial charge < -0.3 is 9.80 Å². The highest BCUT2D eigenvalue weighted by Gasteiger charge is 2.38. The summed E-state index contributed by atoms with van der Waals surface area (Å²) in [5, 5.41) is 0. The fourth-order valence-electron chi connectivity index (χ4n) is 4.30. The van der Waals surface area contributed by atoms with Crippen LogP contribution in [0.3, 0.4) is 0 Å². The van der Waals surface area contributed by atoms with Gasteiger partial charge in [-0.3, -0.25) is 14.6 Å². The first kappa shape index (κ1) is 18.6. The molecule has 3 aliphatic rings. The second kappa shape index (κ2) is 7.70. The van der Waals surface area contributed by atoms with Crippen molar-refractivity contribution in [1.29, 1.82) is 0 Å². The topological polar surface area (TPSA) is 53.5 Å². The Morgan fingerprint density at radius 2 is 2.00 bits per heavy atom. The molecule has 2 amide bonds. The lowest BCUT2D eigenvalue weighted by Crippen LogP contribution is -2.48. The van der Waals surface area contributed by atoms with Gasteiger partial charge in [-0.2, -0.15) is 0 Å². The monoisotopic (exact) mass is 381 g/mol. The maximum atomic E-state index is 13.6. The minimum Gasteiger partial charge on any atom is -0.337 e. The number of carbonyl (C=O) groups excluding carboxylic acids is 2. The van der Waals surface area contributed by atoms with Crippen molar-refractivity contribution >= 4 is 11.8 Å². The number of nitrogens with zero attached hydrogens (tertiary/aromatic N) is 3. The Labute approximate surface area is 164 Å². The lowest BCUT2D eigenvalue weighted by molar-refractivity contribution is -0.134. The van der Waals surface area contributed by atoms with Gasteiger partial charge in [0.25, 0.3) is 5.91 Å². The largest absolute Gasteiger partial charge is 0.337 e. The summed E-state index contributed by atoms with van der Waals surface area (Å²) in [6.07, 6.45) is 3.72. The average Bonchev–Trinajstić information content (AvgIpc) is 3.03. The highest BCUT2D eigenvalue weighted by atomic mass is 19.1. The van der Waals surface area contributed by atoms with Crippen molar-refractivity contribution in [2.75, 3.05) is 19.6 Å². The second-order valence-electron chi connectivity index (χ2n) is 7.82. The lowest BCUT2D eigenvalue weighted by Gasteiger charge is -2.36. The number of hydrogen-bond donors (Lipinski definition) is 0. The number of halogens is 1. The fraction of sp³-hybridized carbons (Fsp3) is 0.409. The maximum Gasteiger partial charge on any atom is 0.272 e. The third-order valence-corrected chi connectivity index (χ3v) is 5.86. The Bertz CT molecular complexity index is 887. The molecule has 3 aliphatic heterocycles. The highest BCUT2D eigenvalue weighted by molar-refractivity contribution is 5.92. The fourth-order valence-corrected chi connectivity index (χ4v) is 4.30. The van der Waals surface area contributed by atoms with E-state index in [1.165, 1.54) is 12.1 Å². The molecule has 2 bridgehead atoms. The van der Waals surface area contributed by atoms with Gasteiger partial charge >= 0.3 is 0 Å². The number of aryl methyl sites for hydroxylation is 1. The van der Waals surface area contributed by atoms with Crippen molar-refractivity contribution in [1.82, 2.24) is 14.8 Å². The predicted octanol–water partition coefficient (Wildman–Crippen LogP) is 2.83. The van der Waals surface area contributed by atoms with Crippen LogP contribution >= 0.6 is 0 Å². The summed E-state index contributed by atoms with van der Waals surface area (Å²) >= 11 is 0. The van der Waals surface area contributed by atoms with E-state index in [0.29, 0.717) is 25.3 Å². The first-order valence-electron chi connectivity index (χ1n) is 9.76. The summed E-state index contributed by atoms with van der Waals surface area (Å²) in [7, 11) is 0. The molecule has 5 rings (SSSR count). The van der Waals surface area contributed by atoms with E-state index in [0.717, 1.165) is 24.0 Å². The second-order valence-corrected chi connectivity index (χ2v) is 7.82. The SMILES string of the molecule is Cc1ccc(F)cc1CC(=O)N1C[C@@H]2CC[C@H]1CN(C(=O)c1ccccn1)C2. The van der Waals surface area contributed by atoms with Crippen LogP contribution in [-0.2, 0) is 11.2 Å². The number of rotatable bonds is 3. The van der Waals surface area contributed by atoms with Crippen molar-refractivity contribution in [3.8, 4) is 0 Å². The van der Waals surface area contributed by atoms with Gasteiger partial charge in [0.05, 0.1) is 6.42 Å². The van der Waals surface area contributed by atoms with Crippen LogP contribution < -0.4 is 0 Å². The number of aromatic nitrogens is 1. The summed E-state index contributed by atoms with van der Waals surface area (Å²) in [6.45, 7) is 3.72. The zero-order valence-corrected chi connectivity index (χ0v) is 16.0. The van der Waals surface area contributed by atoms with Gasteiger partial charge in [-0.05, 0) is 61.1 Å². The van der Waals surface area contributed by atoms with E-state index in [1.807, 2.05) is 22.8 Å². The van der Waals surface area contributed by atoms with Gasteiger partial charge in [0.1, 0.15) is 11.5 Å². The molecule has 0 saturated carbocycles. The number of fused-ring (bicyclic) bond motifs is 4. The summed E-state index contributed by atoms with van der Waals surface area (Å²) in [5.41, 5.74) is 2.09. The molecule has 3 fully saturated rings. The van der Waals surface area contributed by atoms with Crippen LogP contribution in [0.4, 0.5) is 4.39 Å². The van der Waals surface area contributed by atoms with E-state index in [-0.39, 0.29) is 36.0 Å². The zero-order valence-electron chi connectivity index (χ0n) is 16.0. The molecule has 4 heterocycles. The van der Waals surface area contributed by atoms with E-state index >= 15 is 0 Å². The average molecular weight is 381 g/mol. The molecule has 1 aromatic carbocycles. The predicted molar refractivity (Wildman–Crippen MR) is 103 cm³/mol. The number of amides is 2. The molecule has 0 aliphatic carbocycles. The maximum absolute atomic E-state index is 13.6. The Hall–Kier alpha value is -2.76. The lowest BCUT2D eigenvalue weighted by atomic mass is 9.94. The number of hydrogen-bond acceptors (Lipinski definition) is 3. The van der Waals surface area contributed by atoms with E-state index < -0.39 is 0 Å². The van der Waals surface area contributed by atoms with E-state index in [4.69, 9.17) is 0 Å². The Morgan fingerprint density at radius 1 is 1.14 bits per heavy atom. The van der Waals surface area contributed by atoms with Crippen LogP contribution in [-0.4, -0.2) is 52.3 Å².